The first-order chi connectivity index (χ1) is 13.8. The number of hydrogen-bond acceptors (Lipinski definition) is 5. The van der Waals surface area contributed by atoms with E-state index >= 15 is 0 Å². The first-order valence-electron chi connectivity index (χ1n) is 8.45. The maximum absolute atomic E-state index is 13.8. The van der Waals surface area contributed by atoms with Crippen molar-refractivity contribution in [1.82, 2.24) is 0 Å². The van der Waals surface area contributed by atoms with Crippen molar-refractivity contribution >= 4 is 11.8 Å². The molecule has 8 heteroatoms. The molecular formula is C21H15F3O5. The molecule has 0 atom stereocenters. The number of halogens is 3. The van der Waals surface area contributed by atoms with Gasteiger partial charge in [0.2, 0.25) is 11.5 Å². The average Bonchev–Trinajstić information content (AvgIpc) is 3.17. The van der Waals surface area contributed by atoms with Crippen molar-refractivity contribution < 1.29 is 36.7 Å². The highest BCUT2D eigenvalue weighted by molar-refractivity contribution is 6.01. The summed E-state index contributed by atoms with van der Waals surface area (Å²) >= 11 is 0. The Balaban J connectivity index is 1.69. The number of furan rings is 1. The number of rotatable bonds is 7. The Labute approximate surface area is 163 Å². The zero-order valence-corrected chi connectivity index (χ0v) is 15.2. The molecule has 0 N–H and O–H groups in total. The first kappa shape index (κ1) is 20.2. The molecule has 1 heterocycles. The van der Waals surface area contributed by atoms with E-state index in [1.54, 1.807) is 13.0 Å². The number of carbonyl (C=O) groups is 2. The van der Waals surface area contributed by atoms with Gasteiger partial charge < -0.3 is 13.9 Å². The monoisotopic (exact) mass is 404 g/mol. The molecule has 0 saturated carbocycles. The lowest BCUT2D eigenvalue weighted by Gasteiger charge is -2.11. The van der Waals surface area contributed by atoms with E-state index in [1.807, 2.05) is 0 Å². The maximum atomic E-state index is 13.8. The molecule has 0 radical (unpaired) electrons. The molecular weight excluding hydrogens is 389 g/mol. The van der Waals surface area contributed by atoms with Crippen LogP contribution in [0.2, 0.25) is 0 Å². The number of Topliss-reactive ketones (excluding diaryl/α,β-unsaturated/α-hetero) is 1. The molecule has 0 aliphatic rings. The second kappa shape index (κ2) is 8.64. The number of aryl methyl sites for hydroxylation is 1. The molecule has 0 saturated heterocycles. The molecule has 1 aromatic heterocycles. The van der Waals surface area contributed by atoms with Crippen molar-refractivity contribution in [3.8, 4) is 17.1 Å². The molecule has 0 bridgehead atoms. The number of esters is 1. The van der Waals surface area contributed by atoms with Gasteiger partial charge in [-0.05, 0) is 43.3 Å². The number of carbonyl (C=O) groups excluding carboxylic acids is 2. The lowest BCUT2D eigenvalue weighted by molar-refractivity contribution is -0.0502. The summed E-state index contributed by atoms with van der Waals surface area (Å²) < 4.78 is 53.4. The van der Waals surface area contributed by atoms with Crippen LogP contribution in [0, 0.1) is 12.7 Å². The van der Waals surface area contributed by atoms with Crippen LogP contribution in [-0.4, -0.2) is 25.0 Å². The van der Waals surface area contributed by atoms with E-state index in [-0.39, 0.29) is 28.4 Å². The van der Waals surface area contributed by atoms with E-state index in [2.05, 4.69) is 4.74 Å². The molecule has 0 spiro atoms. The summed E-state index contributed by atoms with van der Waals surface area (Å²) in [7, 11) is 0. The smallest absolute Gasteiger partial charge is 0.387 e. The summed E-state index contributed by atoms with van der Waals surface area (Å²) in [6.07, 6.45) is 0. The van der Waals surface area contributed by atoms with Crippen LogP contribution in [0.5, 0.6) is 5.75 Å². The summed E-state index contributed by atoms with van der Waals surface area (Å²) in [4.78, 5) is 24.5. The lowest BCUT2D eigenvalue weighted by atomic mass is 10.1. The summed E-state index contributed by atoms with van der Waals surface area (Å²) in [6.45, 7) is -2.15. The summed E-state index contributed by atoms with van der Waals surface area (Å²) in [5.74, 6) is -2.63. The predicted octanol–water partition coefficient (Wildman–Crippen LogP) is 5.04. The van der Waals surface area contributed by atoms with Crippen molar-refractivity contribution in [3.05, 3.63) is 77.3 Å². The standard InChI is InChI=1S/C21H15F3O5/c1-12-6-7-18(29-21(23)24)14(10-12)16(25)11-27-20(26)19-9-8-17(28-19)13-4-2-3-5-15(13)22/h2-10,21H,11H2,1H3. The van der Waals surface area contributed by atoms with Crippen molar-refractivity contribution in [2.24, 2.45) is 0 Å². The summed E-state index contributed by atoms with van der Waals surface area (Å²) in [6, 6.07) is 12.6. The quantitative estimate of drug-likeness (QED) is 0.408. The van der Waals surface area contributed by atoms with Gasteiger partial charge in [0.25, 0.3) is 0 Å². The molecule has 0 aliphatic carbocycles. The van der Waals surface area contributed by atoms with Crippen LogP contribution < -0.4 is 4.74 Å². The normalized spacial score (nSPS) is 10.8. The molecule has 3 aromatic rings. The van der Waals surface area contributed by atoms with Gasteiger partial charge in [0, 0.05) is 0 Å². The molecule has 0 aliphatic heterocycles. The minimum absolute atomic E-state index is 0.118. The zero-order chi connectivity index (χ0) is 21.0. The van der Waals surface area contributed by atoms with Gasteiger partial charge in [-0.2, -0.15) is 8.78 Å². The number of benzene rings is 2. The van der Waals surface area contributed by atoms with Gasteiger partial charge in [-0.1, -0.05) is 23.8 Å². The van der Waals surface area contributed by atoms with Crippen LogP contribution in [0.15, 0.2) is 59.0 Å². The van der Waals surface area contributed by atoms with E-state index in [9.17, 15) is 22.8 Å². The van der Waals surface area contributed by atoms with Gasteiger partial charge in [0.15, 0.2) is 6.61 Å². The lowest BCUT2D eigenvalue weighted by Crippen LogP contribution is -2.16. The van der Waals surface area contributed by atoms with Gasteiger partial charge in [-0.15, -0.1) is 0 Å². The second-order valence-electron chi connectivity index (χ2n) is 6.02. The van der Waals surface area contributed by atoms with Gasteiger partial charge in [0.05, 0.1) is 11.1 Å². The fourth-order valence-corrected chi connectivity index (χ4v) is 2.59. The molecule has 29 heavy (non-hydrogen) atoms. The maximum Gasteiger partial charge on any atom is 0.387 e. The molecule has 0 amide bonds. The zero-order valence-electron chi connectivity index (χ0n) is 15.2. The minimum Gasteiger partial charge on any atom is -0.451 e. The Morgan fingerprint density at radius 2 is 1.83 bits per heavy atom. The minimum atomic E-state index is -3.10. The van der Waals surface area contributed by atoms with Crippen LogP contribution in [0.3, 0.4) is 0 Å². The van der Waals surface area contributed by atoms with Crippen LogP contribution in [0.25, 0.3) is 11.3 Å². The van der Waals surface area contributed by atoms with Crippen LogP contribution in [-0.2, 0) is 4.74 Å². The second-order valence-corrected chi connectivity index (χ2v) is 6.02. The van der Waals surface area contributed by atoms with Crippen molar-refractivity contribution in [2.45, 2.75) is 13.5 Å². The highest BCUT2D eigenvalue weighted by Gasteiger charge is 2.20. The van der Waals surface area contributed by atoms with Crippen molar-refractivity contribution in [3.63, 3.8) is 0 Å². The van der Waals surface area contributed by atoms with Crippen molar-refractivity contribution in [2.75, 3.05) is 6.61 Å². The van der Waals surface area contributed by atoms with E-state index in [4.69, 9.17) is 9.15 Å². The molecule has 3 rings (SSSR count). The van der Waals surface area contributed by atoms with Crippen LogP contribution >= 0.6 is 0 Å². The Morgan fingerprint density at radius 3 is 2.55 bits per heavy atom. The van der Waals surface area contributed by atoms with E-state index in [0.717, 1.165) is 0 Å². The Hall–Kier alpha value is -3.55. The van der Waals surface area contributed by atoms with E-state index < -0.39 is 30.8 Å². The largest absolute Gasteiger partial charge is 0.451 e. The highest BCUT2D eigenvalue weighted by Crippen LogP contribution is 2.26. The van der Waals surface area contributed by atoms with E-state index in [0.29, 0.717) is 5.56 Å². The number of ketones is 1. The fourth-order valence-electron chi connectivity index (χ4n) is 2.59. The molecule has 0 unspecified atom stereocenters. The summed E-state index contributed by atoms with van der Waals surface area (Å²) in [5.41, 5.74) is 0.669. The van der Waals surface area contributed by atoms with Crippen LogP contribution in [0.1, 0.15) is 26.5 Å². The topological polar surface area (TPSA) is 65.7 Å². The third-order valence-corrected chi connectivity index (χ3v) is 3.93. The summed E-state index contributed by atoms with van der Waals surface area (Å²) in [5, 5.41) is 0. The molecule has 2 aromatic carbocycles. The SMILES string of the molecule is Cc1ccc(OC(F)F)c(C(=O)COC(=O)c2ccc(-c3ccccc3F)o2)c1. The highest BCUT2D eigenvalue weighted by atomic mass is 19.3. The van der Waals surface area contributed by atoms with Crippen LogP contribution in [0.4, 0.5) is 13.2 Å². The number of hydrogen-bond donors (Lipinski definition) is 0. The van der Waals surface area contributed by atoms with Gasteiger partial charge >= 0.3 is 12.6 Å². The predicted molar refractivity (Wildman–Crippen MR) is 96.5 cm³/mol. The Bertz CT molecular complexity index is 1040. The third-order valence-electron chi connectivity index (χ3n) is 3.93. The molecule has 150 valence electrons. The average molecular weight is 404 g/mol. The van der Waals surface area contributed by atoms with Gasteiger partial charge in [-0.3, -0.25) is 4.79 Å². The Kier molecular flexibility index (Phi) is 6.01. The van der Waals surface area contributed by atoms with Crippen molar-refractivity contribution in [1.29, 1.82) is 0 Å². The van der Waals surface area contributed by atoms with Gasteiger partial charge in [0.1, 0.15) is 17.3 Å². The first-order valence-corrected chi connectivity index (χ1v) is 8.45. The Morgan fingerprint density at radius 1 is 1.07 bits per heavy atom. The van der Waals surface area contributed by atoms with Gasteiger partial charge in [-0.25, -0.2) is 9.18 Å². The third kappa shape index (κ3) is 4.84. The number of ether oxygens (including phenoxy) is 2. The fraction of sp³-hybridized carbons (Fsp3) is 0.143. The number of alkyl halides is 2. The van der Waals surface area contributed by atoms with E-state index in [1.165, 1.54) is 48.5 Å². The molecule has 5 nitrogen and oxygen atoms in total. The molecule has 0 fully saturated rings.